The Bertz CT molecular complexity index is 647. The van der Waals surface area contributed by atoms with Gasteiger partial charge in [-0.15, -0.1) is 0 Å². The van der Waals surface area contributed by atoms with Crippen LogP contribution in [0.2, 0.25) is 5.02 Å². The molecule has 0 spiro atoms. The number of hydrogen-bond donors (Lipinski definition) is 1. The van der Waals surface area contributed by atoms with Gasteiger partial charge in [-0.25, -0.2) is 12.8 Å². The van der Waals surface area contributed by atoms with Crippen LogP contribution in [0.1, 0.15) is 31.1 Å². The second kappa shape index (κ2) is 6.94. The maximum atomic E-state index is 13.6. The highest BCUT2D eigenvalue weighted by Gasteiger charge is 2.21. The predicted octanol–water partition coefficient (Wildman–Crippen LogP) is 3.43. The van der Waals surface area contributed by atoms with Crippen molar-refractivity contribution in [3.63, 3.8) is 0 Å². The minimum Gasteiger partial charge on any atom is -0.352 e. The maximum absolute atomic E-state index is 13.6. The first-order chi connectivity index (χ1) is 9.54. The molecule has 1 atom stereocenters. The monoisotopic (exact) mass is 355 g/mol. The zero-order valence-electron chi connectivity index (χ0n) is 11.8. The molecule has 0 bridgehead atoms. The van der Waals surface area contributed by atoms with Crippen LogP contribution >= 0.6 is 22.3 Å². The summed E-state index contributed by atoms with van der Waals surface area (Å²) in [5.41, 5.74) is -0.258. The van der Waals surface area contributed by atoms with Crippen LogP contribution < -0.4 is 5.32 Å². The van der Waals surface area contributed by atoms with Gasteiger partial charge in [0.2, 0.25) is 0 Å². The third-order valence-electron chi connectivity index (χ3n) is 3.25. The molecular formula is C13H16Cl2FNO3S. The van der Waals surface area contributed by atoms with Gasteiger partial charge in [-0.1, -0.05) is 32.4 Å². The molecule has 1 aromatic rings. The summed E-state index contributed by atoms with van der Waals surface area (Å²) < 4.78 is 36.1. The lowest BCUT2D eigenvalue weighted by Gasteiger charge is -2.16. The topological polar surface area (TPSA) is 63.2 Å². The van der Waals surface area contributed by atoms with Gasteiger partial charge in [0.1, 0.15) is 5.82 Å². The van der Waals surface area contributed by atoms with Crippen molar-refractivity contribution in [3.8, 4) is 0 Å². The molecular weight excluding hydrogens is 340 g/mol. The van der Waals surface area contributed by atoms with E-state index in [4.69, 9.17) is 22.3 Å². The molecule has 1 rings (SSSR count). The van der Waals surface area contributed by atoms with Gasteiger partial charge in [0.05, 0.1) is 15.5 Å². The van der Waals surface area contributed by atoms with Gasteiger partial charge in [-0.2, -0.15) is 0 Å². The fourth-order valence-electron chi connectivity index (χ4n) is 1.45. The van der Waals surface area contributed by atoms with E-state index < -0.39 is 30.7 Å². The minimum atomic E-state index is -4.15. The van der Waals surface area contributed by atoms with E-state index in [-0.39, 0.29) is 11.5 Å². The van der Waals surface area contributed by atoms with Gasteiger partial charge in [0, 0.05) is 17.2 Å². The lowest BCUT2D eigenvalue weighted by atomic mass is 9.98. The highest BCUT2D eigenvalue weighted by Crippen LogP contribution is 2.26. The zero-order valence-corrected chi connectivity index (χ0v) is 14.1. The molecule has 4 nitrogen and oxygen atoms in total. The molecule has 0 aliphatic rings. The molecule has 0 saturated carbocycles. The summed E-state index contributed by atoms with van der Waals surface area (Å²) in [5, 5.41) is 2.16. The first kappa shape index (κ1) is 18.2. The van der Waals surface area contributed by atoms with Gasteiger partial charge in [0.25, 0.3) is 15.0 Å². The van der Waals surface area contributed by atoms with Crippen LogP contribution in [-0.2, 0) is 9.05 Å². The van der Waals surface area contributed by atoms with Gasteiger partial charge >= 0.3 is 0 Å². The predicted molar refractivity (Wildman–Crippen MR) is 80.8 cm³/mol. The maximum Gasteiger partial charge on any atom is 0.261 e. The Morgan fingerprint density at radius 2 is 1.90 bits per heavy atom. The van der Waals surface area contributed by atoms with Crippen molar-refractivity contribution in [2.45, 2.75) is 25.7 Å². The number of carbonyl (C=O) groups excluding carboxylic acids is 1. The Balaban J connectivity index is 3.07. The molecule has 1 unspecified atom stereocenters. The number of amides is 1. The van der Waals surface area contributed by atoms with Crippen LogP contribution in [0, 0.1) is 17.7 Å². The summed E-state index contributed by atoms with van der Waals surface area (Å²) in [6.07, 6.45) is 0. The first-order valence-electron chi connectivity index (χ1n) is 6.26. The SMILES string of the molecule is CC(C)C(C)CNC(=O)c1cc(S(=O)(=O)Cl)cc(F)c1Cl. The highest BCUT2D eigenvalue weighted by atomic mass is 35.7. The number of rotatable bonds is 5. The van der Waals surface area contributed by atoms with Gasteiger partial charge in [-0.3, -0.25) is 4.79 Å². The number of carbonyl (C=O) groups is 1. The second-order valence-corrected chi connectivity index (χ2v) is 8.08. The molecule has 1 amide bonds. The number of benzene rings is 1. The fourth-order valence-corrected chi connectivity index (χ4v) is 2.42. The van der Waals surface area contributed by atoms with Gasteiger partial charge in [-0.05, 0) is 24.0 Å². The summed E-state index contributed by atoms with van der Waals surface area (Å²) in [6, 6.07) is 1.64. The molecule has 0 aliphatic carbocycles. The lowest BCUT2D eigenvalue weighted by molar-refractivity contribution is 0.0944. The Morgan fingerprint density at radius 1 is 1.33 bits per heavy atom. The van der Waals surface area contributed by atoms with Crippen molar-refractivity contribution < 1.29 is 17.6 Å². The van der Waals surface area contributed by atoms with E-state index in [1.165, 1.54) is 0 Å². The Kier molecular flexibility index (Phi) is 6.01. The molecule has 118 valence electrons. The largest absolute Gasteiger partial charge is 0.352 e. The van der Waals surface area contributed by atoms with Crippen LogP contribution in [0.3, 0.4) is 0 Å². The quantitative estimate of drug-likeness (QED) is 0.823. The van der Waals surface area contributed by atoms with E-state index in [0.717, 1.165) is 6.07 Å². The summed E-state index contributed by atoms with van der Waals surface area (Å²) in [6.45, 7) is 6.33. The lowest BCUT2D eigenvalue weighted by Crippen LogP contribution is -2.30. The summed E-state index contributed by atoms with van der Waals surface area (Å²) in [5.74, 6) is -1.10. The van der Waals surface area contributed by atoms with Crippen molar-refractivity contribution >= 4 is 37.2 Å². The van der Waals surface area contributed by atoms with E-state index in [2.05, 4.69) is 5.32 Å². The molecule has 0 fully saturated rings. The van der Waals surface area contributed by atoms with Crippen molar-refractivity contribution in [3.05, 3.63) is 28.5 Å². The van der Waals surface area contributed by atoms with Crippen molar-refractivity contribution in [1.82, 2.24) is 5.32 Å². The standard InChI is InChI=1S/C13H16Cl2FNO3S/c1-7(2)8(3)6-17-13(18)10-4-9(21(15,19)20)5-11(16)12(10)14/h4-5,7-8H,6H2,1-3H3,(H,17,18). The van der Waals surface area contributed by atoms with Crippen LogP contribution in [0.4, 0.5) is 4.39 Å². The molecule has 0 radical (unpaired) electrons. The Hall–Kier alpha value is -0.850. The van der Waals surface area contributed by atoms with E-state index in [1.54, 1.807) is 0 Å². The zero-order chi connectivity index (χ0) is 16.4. The first-order valence-corrected chi connectivity index (χ1v) is 8.94. The van der Waals surface area contributed by atoms with E-state index in [1.807, 2.05) is 20.8 Å². The van der Waals surface area contributed by atoms with Gasteiger partial charge < -0.3 is 5.32 Å². The van der Waals surface area contributed by atoms with Crippen LogP contribution in [-0.4, -0.2) is 20.9 Å². The minimum absolute atomic E-state index is 0.206. The molecule has 0 heterocycles. The third kappa shape index (κ3) is 4.83. The molecule has 1 aromatic carbocycles. The molecule has 0 aromatic heterocycles. The van der Waals surface area contributed by atoms with E-state index >= 15 is 0 Å². The summed E-state index contributed by atoms with van der Waals surface area (Å²) >= 11 is 5.71. The molecule has 0 saturated heterocycles. The fraction of sp³-hybridized carbons (Fsp3) is 0.462. The third-order valence-corrected chi connectivity index (χ3v) is 4.97. The van der Waals surface area contributed by atoms with Crippen molar-refractivity contribution in [2.24, 2.45) is 11.8 Å². The molecule has 8 heteroatoms. The molecule has 0 aliphatic heterocycles. The van der Waals surface area contributed by atoms with E-state index in [9.17, 15) is 17.6 Å². The summed E-state index contributed by atoms with van der Waals surface area (Å²) in [7, 11) is 1.01. The van der Waals surface area contributed by atoms with Crippen molar-refractivity contribution in [2.75, 3.05) is 6.54 Å². The smallest absolute Gasteiger partial charge is 0.261 e. The molecule has 1 N–H and O–H groups in total. The van der Waals surface area contributed by atoms with Crippen molar-refractivity contribution in [1.29, 1.82) is 0 Å². The van der Waals surface area contributed by atoms with E-state index in [0.29, 0.717) is 18.5 Å². The number of hydrogen-bond acceptors (Lipinski definition) is 3. The van der Waals surface area contributed by atoms with Crippen LogP contribution in [0.15, 0.2) is 17.0 Å². The molecule has 21 heavy (non-hydrogen) atoms. The number of nitrogens with one attached hydrogen (secondary N) is 1. The average molecular weight is 356 g/mol. The normalized spacial score (nSPS) is 13.3. The van der Waals surface area contributed by atoms with Gasteiger partial charge in [0.15, 0.2) is 0 Å². The average Bonchev–Trinajstić information content (AvgIpc) is 2.37. The Morgan fingerprint density at radius 3 is 2.38 bits per heavy atom. The summed E-state index contributed by atoms with van der Waals surface area (Å²) in [4.78, 5) is 11.5. The van der Waals surface area contributed by atoms with Crippen LogP contribution in [0.5, 0.6) is 0 Å². The number of halogens is 3. The highest BCUT2D eigenvalue weighted by molar-refractivity contribution is 8.13. The van der Waals surface area contributed by atoms with Crippen LogP contribution in [0.25, 0.3) is 0 Å². The Labute approximate surface area is 133 Å². The second-order valence-electron chi connectivity index (χ2n) is 5.14.